The standard InChI is InChI=1S/C24H29NO6/c1-2-22(26)29-16-17-30-24(28)25-15-9-5-3-4-6-12-23(27)31-21-14-13-19-10-7-8-11-20(19)18-21/h2,7-8,10-11,13-14,18H,1,3-6,9,12,15-17H2,(H,25,28). The van der Waals surface area contributed by atoms with E-state index in [0.29, 0.717) is 18.7 Å². The molecule has 1 N–H and O–H groups in total. The summed E-state index contributed by atoms with van der Waals surface area (Å²) in [5, 5.41) is 4.79. The van der Waals surface area contributed by atoms with Crippen LogP contribution in [0.2, 0.25) is 0 Å². The smallest absolute Gasteiger partial charge is 0.407 e. The number of carbonyl (C=O) groups is 3. The van der Waals surface area contributed by atoms with Crippen LogP contribution in [0.3, 0.4) is 0 Å². The minimum absolute atomic E-state index is 0.000713. The summed E-state index contributed by atoms with van der Waals surface area (Å²) in [6, 6.07) is 13.6. The Balaban J connectivity index is 1.46. The molecule has 0 heterocycles. The second-order valence-corrected chi connectivity index (χ2v) is 6.94. The van der Waals surface area contributed by atoms with Gasteiger partial charge in [0.15, 0.2) is 0 Å². The van der Waals surface area contributed by atoms with E-state index in [2.05, 4.69) is 11.9 Å². The maximum Gasteiger partial charge on any atom is 0.407 e. The maximum atomic E-state index is 12.0. The van der Waals surface area contributed by atoms with E-state index >= 15 is 0 Å². The topological polar surface area (TPSA) is 90.9 Å². The van der Waals surface area contributed by atoms with Crippen LogP contribution in [0.4, 0.5) is 4.79 Å². The maximum absolute atomic E-state index is 12.0. The lowest BCUT2D eigenvalue weighted by Gasteiger charge is -2.07. The molecule has 0 fully saturated rings. The number of ether oxygens (including phenoxy) is 3. The molecule has 2 rings (SSSR count). The summed E-state index contributed by atoms with van der Waals surface area (Å²) in [6.45, 7) is 3.78. The van der Waals surface area contributed by atoms with Gasteiger partial charge in [-0.3, -0.25) is 4.79 Å². The lowest BCUT2D eigenvalue weighted by molar-refractivity contribution is -0.138. The SMILES string of the molecule is C=CC(=O)OCCOC(=O)NCCCCCCCC(=O)Oc1ccc2ccccc2c1. The quantitative estimate of drug-likeness (QED) is 0.218. The van der Waals surface area contributed by atoms with E-state index in [9.17, 15) is 14.4 Å². The van der Waals surface area contributed by atoms with E-state index in [1.807, 2.05) is 42.5 Å². The van der Waals surface area contributed by atoms with E-state index in [1.165, 1.54) is 0 Å². The van der Waals surface area contributed by atoms with Gasteiger partial charge in [-0.05, 0) is 35.7 Å². The van der Waals surface area contributed by atoms with Gasteiger partial charge in [0.1, 0.15) is 19.0 Å². The third-order valence-corrected chi connectivity index (χ3v) is 4.51. The molecule has 0 saturated carbocycles. The van der Waals surface area contributed by atoms with Gasteiger partial charge in [-0.15, -0.1) is 0 Å². The zero-order valence-corrected chi connectivity index (χ0v) is 17.6. The van der Waals surface area contributed by atoms with Gasteiger partial charge in [0, 0.05) is 19.0 Å². The second-order valence-electron chi connectivity index (χ2n) is 6.94. The minimum atomic E-state index is -0.550. The van der Waals surface area contributed by atoms with Gasteiger partial charge in [-0.1, -0.05) is 56.2 Å². The summed E-state index contributed by atoms with van der Waals surface area (Å²) in [5.41, 5.74) is 0. The number of hydrogen-bond donors (Lipinski definition) is 1. The summed E-state index contributed by atoms with van der Waals surface area (Å²) < 4.78 is 15.0. The predicted octanol–water partition coefficient (Wildman–Crippen LogP) is 4.54. The molecule has 0 atom stereocenters. The van der Waals surface area contributed by atoms with Gasteiger partial charge in [0.25, 0.3) is 0 Å². The molecule has 0 aliphatic rings. The number of fused-ring (bicyclic) bond motifs is 1. The molecule has 7 nitrogen and oxygen atoms in total. The fourth-order valence-electron chi connectivity index (χ4n) is 2.92. The average molecular weight is 427 g/mol. The van der Waals surface area contributed by atoms with Crippen LogP contribution in [0.5, 0.6) is 5.75 Å². The highest BCUT2D eigenvalue weighted by Crippen LogP contribution is 2.21. The van der Waals surface area contributed by atoms with Crippen molar-refractivity contribution >= 4 is 28.8 Å². The van der Waals surface area contributed by atoms with E-state index in [1.54, 1.807) is 0 Å². The monoisotopic (exact) mass is 427 g/mol. The van der Waals surface area contributed by atoms with Crippen molar-refractivity contribution in [3.8, 4) is 5.75 Å². The summed E-state index contributed by atoms with van der Waals surface area (Å²) in [4.78, 5) is 34.3. The highest BCUT2D eigenvalue weighted by atomic mass is 16.6. The molecule has 0 saturated heterocycles. The Morgan fingerprint density at radius 3 is 2.39 bits per heavy atom. The van der Waals surface area contributed by atoms with Crippen molar-refractivity contribution in [2.75, 3.05) is 19.8 Å². The molecular formula is C24H29NO6. The molecule has 2 aromatic rings. The molecule has 0 aliphatic carbocycles. The van der Waals surface area contributed by atoms with Crippen LogP contribution in [0.25, 0.3) is 10.8 Å². The van der Waals surface area contributed by atoms with Gasteiger partial charge >= 0.3 is 18.0 Å². The first-order valence-electron chi connectivity index (χ1n) is 10.5. The molecule has 0 radical (unpaired) electrons. The molecule has 0 spiro atoms. The molecule has 0 aliphatic heterocycles. The number of nitrogens with one attached hydrogen (secondary N) is 1. The summed E-state index contributed by atoms with van der Waals surface area (Å²) in [6.07, 6.45) is 5.32. The van der Waals surface area contributed by atoms with Crippen molar-refractivity contribution in [3.05, 3.63) is 55.1 Å². The van der Waals surface area contributed by atoms with Gasteiger partial charge in [0.05, 0.1) is 0 Å². The highest BCUT2D eigenvalue weighted by Gasteiger charge is 2.06. The second kappa shape index (κ2) is 13.8. The Morgan fingerprint density at radius 2 is 1.58 bits per heavy atom. The van der Waals surface area contributed by atoms with Crippen LogP contribution in [-0.4, -0.2) is 37.8 Å². The molecule has 166 valence electrons. The fraction of sp³-hybridized carbons (Fsp3) is 0.375. The molecule has 31 heavy (non-hydrogen) atoms. The van der Waals surface area contributed by atoms with Gasteiger partial charge in [-0.2, -0.15) is 0 Å². The van der Waals surface area contributed by atoms with Gasteiger partial charge in [0.2, 0.25) is 0 Å². The summed E-state index contributed by atoms with van der Waals surface area (Å²) >= 11 is 0. The van der Waals surface area contributed by atoms with Crippen molar-refractivity contribution in [3.63, 3.8) is 0 Å². The van der Waals surface area contributed by atoms with E-state index in [0.717, 1.165) is 49.0 Å². The first-order valence-corrected chi connectivity index (χ1v) is 10.5. The predicted molar refractivity (Wildman–Crippen MR) is 118 cm³/mol. The van der Waals surface area contributed by atoms with Crippen LogP contribution in [-0.2, 0) is 19.1 Å². The minimum Gasteiger partial charge on any atom is -0.459 e. The Hall–Kier alpha value is -3.35. The Labute approximate surface area is 182 Å². The molecular weight excluding hydrogens is 398 g/mol. The van der Waals surface area contributed by atoms with E-state index < -0.39 is 12.1 Å². The third kappa shape index (κ3) is 9.80. The molecule has 0 aromatic heterocycles. The van der Waals surface area contributed by atoms with Crippen LogP contribution in [0.15, 0.2) is 55.1 Å². The average Bonchev–Trinajstić information content (AvgIpc) is 2.78. The number of benzene rings is 2. The Bertz CT molecular complexity index is 879. The number of unbranched alkanes of at least 4 members (excludes halogenated alkanes) is 4. The largest absolute Gasteiger partial charge is 0.459 e. The molecule has 0 bridgehead atoms. The van der Waals surface area contributed by atoms with Crippen molar-refractivity contribution in [2.24, 2.45) is 0 Å². The van der Waals surface area contributed by atoms with E-state index in [-0.39, 0.29) is 19.2 Å². The number of amides is 1. The number of alkyl carbamates (subject to hydrolysis) is 1. The molecule has 7 heteroatoms. The lowest BCUT2D eigenvalue weighted by atomic mass is 10.1. The third-order valence-electron chi connectivity index (χ3n) is 4.51. The summed E-state index contributed by atoms with van der Waals surface area (Å²) in [5.74, 6) is -0.204. The zero-order valence-electron chi connectivity index (χ0n) is 17.6. The molecule has 1 amide bonds. The van der Waals surface area contributed by atoms with Crippen LogP contribution < -0.4 is 10.1 Å². The molecule has 2 aromatic carbocycles. The van der Waals surface area contributed by atoms with Crippen molar-refractivity contribution in [1.82, 2.24) is 5.32 Å². The van der Waals surface area contributed by atoms with Crippen LogP contribution >= 0.6 is 0 Å². The van der Waals surface area contributed by atoms with Gasteiger partial charge < -0.3 is 19.5 Å². The van der Waals surface area contributed by atoms with Crippen molar-refractivity contribution in [1.29, 1.82) is 0 Å². The number of hydrogen-bond acceptors (Lipinski definition) is 6. The van der Waals surface area contributed by atoms with Crippen molar-refractivity contribution in [2.45, 2.75) is 38.5 Å². The van der Waals surface area contributed by atoms with E-state index in [4.69, 9.17) is 14.2 Å². The number of carbonyl (C=O) groups excluding carboxylic acids is 3. The zero-order chi connectivity index (χ0) is 22.3. The van der Waals surface area contributed by atoms with Crippen LogP contribution in [0, 0.1) is 0 Å². The summed E-state index contributed by atoms with van der Waals surface area (Å²) in [7, 11) is 0. The first kappa shape index (κ1) is 23.9. The highest BCUT2D eigenvalue weighted by molar-refractivity contribution is 5.84. The van der Waals surface area contributed by atoms with Crippen molar-refractivity contribution < 1.29 is 28.6 Å². The number of esters is 2. The lowest BCUT2D eigenvalue weighted by Crippen LogP contribution is -2.26. The first-order chi connectivity index (χ1) is 15.1. The normalized spacial score (nSPS) is 10.3. The van der Waals surface area contributed by atoms with Gasteiger partial charge in [-0.25, -0.2) is 9.59 Å². The van der Waals surface area contributed by atoms with Crippen LogP contribution in [0.1, 0.15) is 38.5 Å². The fourth-order valence-corrected chi connectivity index (χ4v) is 2.92. The molecule has 0 unspecified atom stereocenters. The number of rotatable bonds is 13. The Kier molecular flexibility index (Phi) is 10.6. The Morgan fingerprint density at radius 1 is 0.871 bits per heavy atom.